The van der Waals surface area contributed by atoms with Gasteiger partial charge in [-0.15, -0.1) is 0 Å². The first-order valence-electron chi connectivity index (χ1n) is 5.09. The summed E-state index contributed by atoms with van der Waals surface area (Å²) in [5, 5.41) is 0. The molecule has 1 heterocycles. The lowest BCUT2D eigenvalue weighted by molar-refractivity contribution is 0.676. The average Bonchev–Trinajstić information content (AvgIpc) is 2.44. The second kappa shape index (κ2) is 3.87. The molecule has 1 unspecified atom stereocenters. The van der Waals surface area contributed by atoms with Gasteiger partial charge in [-0.2, -0.15) is 0 Å². The van der Waals surface area contributed by atoms with Crippen LogP contribution in [-0.4, -0.2) is 9.81 Å². The Morgan fingerprint density at radius 2 is 2.23 bits per heavy atom. The fourth-order valence-electron chi connectivity index (χ4n) is 2.08. The Morgan fingerprint density at radius 1 is 1.46 bits per heavy atom. The molecule has 0 aromatic carbocycles. The predicted molar refractivity (Wildman–Crippen MR) is 59.5 cm³/mol. The zero-order valence-corrected chi connectivity index (χ0v) is 9.65. The molecule has 0 amide bonds. The lowest BCUT2D eigenvalue weighted by atomic mass is 9.98. The first kappa shape index (κ1) is 9.32. The maximum atomic E-state index is 3.58. The molecule has 13 heavy (non-hydrogen) atoms. The molecule has 1 aliphatic rings. The molecule has 0 saturated heterocycles. The van der Waals surface area contributed by atoms with E-state index in [9.17, 15) is 0 Å². The summed E-state index contributed by atoms with van der Waals surface area (Å²) in [4.78, 5) is 4.11. The topological polar surface area (TPSA) is 15.8 Å². The van der Waals surface area contributed by atoms with Crippen LogP contribution in [0.5, 0.6) is 0 Å². The van der Waals surface area contributed by atoms with Crippen LogP contribution in [0.2, 0.25) is 0 Å². The minimum Gasteiger partial charge on any atom is -0.362 e. The van der Waals surface area contributed by atoms with Crippen LogP contribution in [0.4, 0.5) is 0 Å². The lowest BCUT2D eigenvalue weighted by Gasteiger charge is -2.09. The smallest absolute Gasteiger partial charge is 0.0181 e. The summed E-state index contributed by atoms with van der Waals surface area (Å²) in [7, 11) is 0. The molecule has 1 aromatic heterocycles. The molecule has 0 fully saturated rings. The van der Waals surface area contributed by atoms with E-state index in [4.69, 9.17) is 0 Å². The molecule has 0 aliphatic heterocycles. The highest BCUT2D eigenvalue weighted by Crippen LogP contribution is 2.22. The molecule has 1 aliphatic carbocycles. The number of halogens is 1. The number of aryl methyl sites for hydroxylation is 2. The van der Waals surface area contributed by atoms with Gasteiger partial charge in [0, 0.05) is 16.2 Å². The minimum absolute atomic E-state index is 0.576. The van der Waals surface area contributed by atoms with E-state index >= 15 is 0 Å². The van der Waals surface area contributed by atoms with Crippen LogP contribution in [0.15, 0.2) is 6.07 Å². The number of H-pyrrole nitrogens is 1. The molecule has 1 nitrogen and oxygen atoms in total. The molecule has 1 N–H and O–H groups in total. The SMILES string of the molecule is CC(Br)Cc1cc2c([nH]1)CCCC2. The van der Waals surface area contributed by atoms with Gasteiger partial charge >= 0.3 is 0 Å². The fraction of sp³-hybridized carbons (Fsp3) is 0.636. The summed E-state index contributed by atoms with van der Waals surface area (Å²) < 4.78 is 0. The van der Waals surface area contributed by atoms with E-state index in [-0.39, 0.29) is 0 Å². The zero-order chi connectivity index (χ0) is 9.26. The van der Waals surface area contributed by atoms with E-state index in [0.29, 0.717) is 4.83 Å². The number of aromatic nitrogens is 1. The number of alkyl halides is 1. The van der Waals surface area contributed by atoms with Crippen LogP contribution < -0.4 is 0 Å². The van der Waals surface area contributed by atoms with Crippen LogP contribution in [-0.2, 0) is 19.3 Å². The van der Waals surface area contributed by atoms with Gasteiger partial charge in [-0.1, -0.05) is 22.9 Å². The van der Waals surface area contributed by atoms with Gasteiger partial charge in [0.1, 0.15) is 0 Å². The van der Waals surface area contributed by atoms with Gasteiger partial charge in [0.25, 0.3) is 0 Å². The van der Waals surface area contributed by atoms with E-state index in [1.165, 1.54) is 37.1 Å². The van der Waals surface area contributed by atoms with Crippen molar-refractivity contribution in [1.82, 2.24) is 4.98 Å². The maximum absolute atomic E-state index is 3.58. The summed E-state index contributed by atoms with van der Waals surface area (Å²) in [6.45, 7) is 2.19. The predicted octanol–water partition coefficient (Wildman–Crippen LogP) is 3.22. The summed E-state index contributed by atoms with van der Waals surface area (Å²) in [5.74, 6) is 0. The average molecular weight is 242 g/mol. The second-order valence-electron chi connectivity index (χ2n) is 3.99. The van der Waals surface area contributed by atoms with E-state index in [1.807, 2.05) is 0 Å². The number of fused-ring (bicyclic) bond motifs is 1. The molecule has 2 rings (SSSR count). The number of rotatable bonds is 2. The van der Waals surface area contributed by atoms with Crippen molar-refractivity contribution in [2.24, 2.45) is 0 Å². The highest BCUT2D eigenvalue weighted by atomic mass is 79.9. The highest BCUT2D eigenvalue weighted by Gasteiger charge is 2.12. The molecule has 0 saturated carbocycles. The van der Waals surface area contributed by atoms with Crippen LogP contribution >= 0.6 is 15.9 Å². The summed E-state index contributed by atoms with van der Waals surface area (Å²) in [6.07, 6.45) is 6.38. The van der Waals surface area contributed by atoms with Gasteiger partial charge in [0.15, 0.2) is 0 Å². The number of nitrogens with one attached hydrogen (secondary N) is 1. The van der Waals surface area contributed by atoms with Gasteiger partial charge < -0.3 is 4.98 Å². The molecular weight excluding hydrogens is 226 g/mol. The normalized spacial score (nSPS) is 18.3. The molecule has 0 radical (unpaired) electrons. The lowest BCUT2D eigenvalue weighted by Crippen LogP contribution is -2.00. The van der Waals surface area contributed by atoms with Crippen LogP contribution in [0.1, 0.15) is 36.7 Å². The Kier molecular flexibility index (Phi) is 2.77. The first-order valence-corrected chi connectivity index (χ1v) is 6.01. The Balaban J connectivity index is 2.15. The monoisotopic (exact) mass is 241 g/mol. The van der Waals surface area contributed by atoms with E-state index in [1.54, 1.807) is 5.56 Å². The fourth-order valence-corrected chi connectivity index (χ4v) is 2.43. The van der Waals surface area contributed by atoms with Gasteiger partial charge in [-0.05, 0) is 43.7 Å². The van der Waals surface area contributed by atoms with Crippen molar-refractivity contribution < 1.29 is 0 Å². The van der Waals surface area contributed by atoms with Crippen molar-refractivity contribution in [2.75, 3.05) is 0 Å². The van der Waals surface area contributed by atoms with Crippen molar-refractivity contribution in [3.05, 3.63) is 23.0 Å². The third kappa shape index (κ3) is 2.16. The molecular formula is C11H16BrN. The number of aromatic amines is 1. The summed E-state index contributed by atoms with van der Waals surface area (Å²) >= 11 is 3.58. The van der Waals surface area contributed by atoms with Crippen molar-refractivity contribution >= 4 is 15.9 Å². The molecule has 0 bridgehead atoms. The standard InChI is InChI=1S/C11H16BrN/c1-8(12)6-10-7-9-4-2-3-5-11(9)13-10/h7-8,13H,2-6H2,1H3. The van der Waals surface area contributed by atoms with Gasteiger partial charge in [0.2, 0.25) is 0 Å². The van der Waals surface area contributed by atoms with Crippen LogP contribution in [0, 0.1) is 0 Å². The number of hydrogen-bond acceptors (Lipinski definition) is 0. The quantitative estimate of drug-likeness (QED) is 0.766. The van der Waals surface area contributed by atoms with Crippen molar-refractivity contribution in [2.45, 2.75) is 43.9 Å². The Bertz CT molecular complexity index is 265. The molecule has 1 aromatic rings. The van der Waals surface area contributed by atoms with Crippen molar-refractivity contribution in [1.29, 1.82) is 0 Å². The van der Waals surface area contributed by atoms with Crippen LogP contribution in [0.3, 0.4) is 0 Å². The zero-order valence-electron chi connectivity index (χ0n) is 8.07. The van der Waals surface area contributed by atoms with Crippen molar-refractivity contribution in [3.8, 4) is 0 Å². The largest absolute Gasteiger partial charge is 0.362 e. The third-order valence-electron chi connectivity index (χ3n) is 2.67. The third-order valence-corrected chi connectivity index (χ3v) is 3.00. The summed E-state index contributed by atoms with van der Waals surface area (Å²) in [6, 6.07) is 2.35. The Morgan fingerprint density at radius 3 is 2.92 bits per heavy atom. The molecule has 0 spiro atoms. The van der Waals surface area contributed by atoms with Crippen molar-refractivity contribution in [3.63, 3.8) is 0 Å². The van der Waals surface area contributed by atoms with Gasteiger partial charge in [-0.25, -0.2) is 0 Å². The molecule has 72 valence electrons. The van der Waals surface area contributed by atoms with Gasteiger partial charge in [0.05, 0.1) is 0 Å². The summed E-state index contributed by atoms with van der Waals surface area (Å²) in [5.41, 5.74) is 4.46. The minimum atomic E-state index is 0.576. The van der Waals surface area contributed by atoms with E-state index < -0.39 is 0 Å². The van der Waals surface area contributed by atoms with Crippen LogP contribution in [0.25, 0.3) is 0 Å². The number of hydrogen-bond donors (Lipinski definition) is 1. The molecule has 2 heteroatoms. The molecule has 1 atom stereocenters. The van der Waals surface area contributed by atoms with E-state index in [2.05, 4.69) is 33.9 Å². The second-order valence-corrected chi connectivity index (χ2v) is 5.55. The Labute approximate surface area is 88.1 Å². The van der Waals surface area contributed by atoms with Gasteiger partial charge in [-0.3, -0.25) is 0 Å². The Hall–Kier alpha value is -0.240. The maximum Gasteiger partial charge on any atom is 0.0181 e. The first-order chi connectivity index (χ1) is 6.25. The van der Waals surface area contributed by atoms with E-state index in [0.717, 1.165) is 6.42 Å². The highest BCUT2D eigenvalue weighted by molar-refractivity contribution is 9.09.